The van der Waals surface area contributed by atoms with Crippen molar-refractivity contribution >= 4 is 35.2 Å². The molecule has 0 spiro atoms. The van der Waals surface area contributed by atoms with Crippen LogP contribution in [0.15, 0.2) is 36.4 Å². The van der Waals surface area contributed by atoms with Crippen LogP contribution in [-0.2, 0) is 14.3 Å². The van der Waals surface area contributed by atoms with Crippen molar-refractivity contribution in [3.05, 3.63) is 63.7 Å². The lowest BCUT2D eigenvalue weighted by atomic mass is 9.94. The topological polar surface area (TPSA) is 87.7 Å². The maximum absolute atomic E-state index is 14.4. The molecule has 0 bridgehead atoms. The Morgan fingerprint density at radius 2 is 1.62 bits per heavy atom. The summed E-state index contributed by atoms with van der Waals surface area (Å²) in [5, 5.41) is 6.25. The van der Waals surface area contributed by atoms with Gasteiger partial charge in [0.15, 0.2) is 0 Å². The molecule has 0 saturated heterocycles. The first-order valence-electron chi connectivity index (χ1n) is 15.1. The molecule has 232 valence electrons. The maximum atomic E-state index is 14.4. The lowest BCUT2D eigenvalue weighted by molar-refractivity contribution is -0.141. The highest BCUT2D eigenvalue weighted by Gasteiger charge is 2.38. The van der Waals surface area contributed by atoms with Gasteiger partial charge < -0.3 is 20.3 Å². The summed E-state index contributed by atoms with van der Waals surface area (Å²) in [6, 6.07) is 9.48. The van der Waals surface area contributed by atoms with Gasteiger partial charge in [0.1, 0.15) is 17.7 Å². The van der Waals surface area contributed by atoms with Gasteiger partial charge in [0.25, 0.3) is 5.91 Å². The van der Waals surface area contributed by atoms with Gasteiger partial charge in [0.05, 0.1) is 10.7 Å². The van der Waals surface area contributed by atoms with E-state index in [4.69, 9.17) is 16.3 Å². The Hall–Kier alpha value is -3.06. The van der Waals surface area contributed by atoms with Gasteiger partial charge >= 0.3 is 6.09 Å². The number of benzene rings is 2. The van der Waals surface area contributed by atoms with E-state index in [-0.39, 0.29) is 17.7 Å². The molecule has 2 aromatic rings. The van der Waals surface area contributed by atoms with E-state index >= 15 is 0 Å². The number of ether oxygens (including phenoxy) is 1. The van der Waals surface area contributed by atoms with E-state index in [1.807, 2.05) is 65.0 Å². The summed E-state index contributed by atoms with van der Waals surface area (Å²) < 4.78 is 5.49. The summed E-state index contributed by atoms with van der Waals surface area (Å²) in [5.41, 5.74) is 3.30. The van der Waals surface area contributed by atoms with Gasteiger partial charge in [0, 0.05) is 6.54 Å². The monoisotopic (exact) mass is 599 g/mol. The Bertz CT molecular complexity index is 1200. The molecule has 0 aromatic heterocycles. The number of para-hydroxylation sites is 1. The number of alkyl carbamates (subject to hydrolysis) is 1. The Morgan fingerprint density at radius 1 is 0.952 bits per heavy atom. The first-order valence-corrected chi connectivity index (χ1v) is 15.5. The highest BCUT2D eigenvalue weighted by atomic mass is 35.5. The standard InChI is InChI=1S/C34H50ClN3O4/c1-10-11-12-13-14-20-38(32(40)28(22(2)3)37-33(41)42-34(7,8)9)30(26-19-18-23(4)21-25(26)6)31(39)36-29-24(5)16-15-17-27(29)35/h15-19,21-22,28,30H,10-14,20H2,1-9H3,(H,36,39)(H,37,41). The maximum Gasteiger partial charge on any atom is 0.408 e. The van der Waals surface area contributed by atoms with Gasteiger partial charge in [-0.2, -0.15) is 0 Å². The third-order valence-corrected chi connectivity index (χ3v) is 7.46. The van der Waals surface area contributed by atoms with E-state index < -0.39 is 23.8 Å². The zero-order valence-corrected chi connectivity index (χ0v) is 27.7. The predicted molar refractivity (Wildman–Crippen MR) is 172 cm³/mol. The van der Waals surface area contributed by atoms with Crippen LogP contribution in [0.5, 0.6) is 0 Å². The van der Waals surface area contributed by atoms with Gasteiger partial charge in [-0.1, -0.05) is 94.0 Å². The number of hydrogen-bond acceptors (Lipinski definition) is 4. The van der Waals surface area contributed by atoms with E-state index in [0.29, 0.717) is 17.3 Å². The normalized spacial score (nSPS) is 12.9. The summed E-state index contributed by atoms with van der Waals surface area (Å²) in [5.74, 6) is -0.941. The zero-order valence-electron chi connectivity index (χ0n) is 26.9. The Labute approximate surface area is 257 Å². The number of halogens is 1. The van der Waals surface area contributed by atoms with E-state index in [1.165, 1.54) is 0 Å². The van der Waals surface area contributed by atoms with Gasteiger partial charge in [-0.25, -0.2) is 4.79 Å². The van der Waals surface area contributed by atoms with E-state index in [1.54, 1.807) is 31.7 Å². The van der Waals surface area contributed by atoms with Crippen LogP contribution in [0.25, 0.3) is 0 Å². The first-order chi connectivity index (χ1) is 19.7. The second-order valence-corrected chi connectivity index (χ2v) is 12.9. The SMILES string of the molecule is CCCCCCCN(C(=O)C(NC(=O)OC(C)(C)C)C(C)C)C(C(=O)Nc1c(C)cccc1Cl)c1ccc(C)cc1C. The number of hydrogen-bond donors (Lipinski definition) is 2. The van der Waals surface area contributed by atoms with Crippen LogP contribution < -0.4 is 10.6 Å². The second-order valence-electron chi connectivity index (χ2n) is 12.5. The van der Waals surface area contributed by atoms with Crippen molar-refractivity contribution in [2.45, 2.75) is 112 Å². The average Bonchev–Trinajstić information content (AvgIpc) is 2.88. The van der Waals surface area contributed by atoms with Gasteiger partial charge in [-0.05, 0) is 76.6 Å². The second kappa shape index (κ2) is 16.0. The number of carbonyl (C=O) groups excluding carboxylic acids is 3. The van der Waals surface area contributed by atoms with Crippen molar-refractivity contribution < 1.29 is 19.1 Å². The lowest BCUT2D eigenvalue weighted by Gasteiger charge is -2.36. The number of carbonyl (C=O) groups is 3. The highest BCUT2D eigenvalue weighted by molar-refractivity contribution is 6.34. The summed E-state index contributed by atoms with van der Waals surface area (Å²) >= 11 is 6.50. The number of unbranched alkanes of at least 4 members (excludes halogenated alkanes) is 4. The summed E-state index contributed by atoms with van der Waals surface area (Å²) in [4.78, 5) is 43.2. The fourth-order valence-corrected chi connectivity index (χ4v) is 5.21. The zero-order chi connectivity index (χ0) is 31.6. The minimum atomic E-state index is -0.943. The summed E-state index contributed by atoms with van der Waals surface area (Å²) in [7, 11) is 0. The fraction of sp³-hybridized carbons (Fsp3) is 0.559. The molecule has 2 atom stereocenters. The summed E-state index contributed by atoms with van der Waals surface area (Å²) in [6.45, 7) is 17.4. The van der Waals surface area contributed by atoms with E-state index in [2.05, 4.69) is 17.6 Å². The molecule has 3 amide bonds. The number of nitrogens with one attached hydrogen (secondary N) is 2. The van der Waals surface area contributed by atoms with Crippen LogP contribution in [0.2, 0.25) is 5.02 Å². The predicted octanol–water partition coefficient (Wildman–Crippen LogP) is 8.29. The van der Waals surface area contributed by atoms with Crippen molar-refractivity contribution in [3.63, 3.8) is 0 Å². The van der Waals surface area contributed by atoms with Crippen molar-refractivity contribution in [1.82, 2.24) is 10.2 Å². The van der Waals surface area contributed by atoms with Crippen LogP contribution in [0.3, 0.4) is 0 Å². The molecule has 2 rings (SSSR count). The van der Waals surface area contributed by atoms with Gasteiger partial charge in [0.2, 0.25) is 5.91 Å². The number of anilines is 1. The van der Waals surface area contributed by atoms with Crippen LogP contribution >= 0.6 is 11.6 Å². The molecule has 0 aliphatic heterocycles. The number of nitrogens with zero attached hydrogens (tertiary/aromatic N) is 1. The lowest BCUT2D eigenvalue weighted by Crippen LogP contribution is -2.54. The van der Waals surface area contributed by atoms with Crippen molar-refractivity contribution in [1.29, 1.82) is 0 Å². The van der Waals surface area contributed by atoms with Crippen molar-refractivity contribution in [2.75, 3.05) is 11.9 Å². The molecule has 8 heteroatoms. The molecule has 2 aromatic carbocycles. The van der Waals surface area contributed by atoms with E-state index in [9.17, 15) is 14.4 Å². The molecular weight excluding hydrogens is 550 g/mol. The molecule has 2 N–H and O–H groups in total. The Morgan fingerprint density at radius 3 is 2.19 bits per heavy atom. The largest absolute Gasteiger partial charge is 0.444 e. The molecule has 2 unspecified atom stereocenters. The fourth-order valence-electron chi connectivity index (χ4n) is 4.94. The van der Waals surface area contributed by atoms with Gasteiger partial charge in [-0.3, -0.25) is 9.59 Å². The minimum absolute atomic E-state index is 0.249. The van der Waals surface area contributed by atoms with Crippen molar-refractivity contribution in [2.24, 2.45) is 5.92 Å². The molecular formula is C34H50ClN3O4. The molecule has 0 saturated carbocycles. The third kappa shape index (κ3) is 10.3. The molecule has 7 nitrogen and oxygen atoms in total. The molecule has 0 fully saturated rings. The molecule has 0 radical (unpaired) electrons. The minimum Gasteiger partial charge on any atom is -0.444 e. The smallest absolute Gasteiger partial charge is 0.408 e. The van der Waals surface area contributed by atoms with Crippen LogP contribution in [0.1, 0.15) is 102 Å². The summed E-state index contributed by atoms with van der Waals surface area (Å²) in [6.07, 6.45) is 4.23. The highest BCUT2D eigenvalue weighted by Crippen LogP contribution is 2.31. The molecule has 0 heterocycles. The average molecular weight is 600 g/mol. The quantitative estimate of drug-likeness (QED) is 0.227. The number of aryl methyl sites for hydroxylation is 3. The Kier molecular flexibility index (Phi) is 13.4. The number of amides is 3. The first kappa shape index (κ1) is 35.1. The number of rotatable bonds is 13. The Balaban J connectivity index is 2.61. The van der Waals surface area contributed by atoms with Crippen LogP contribution in [0, 0.1) is 26.7 Å². The molecule has 42 heavy (non-hydrogen) atoms. The third-order valence-electron chi connectivity index (χ3n) is 7.14. The van der Waals surface area contributed by atoms with Crippen molar-refractivity contribution in [3.8, 4) is 0 Å². The molecule has 0 aliphatic carbocycles. The van der Waals surface area contributed by atoms with Crippen LogP contribution in [-0.4, -0.2) is 41.0 Å². The van der Waals surface area contributed by atoms with Gasteiger partial charge in [-0.15, -0.1) is 0 Å². The molecule has 0 aliphatic rings. The van der Waals surface area contributed by atoms with Crippen LogP contribution in [0.4, 0.5) is 10.5 Å². The van der Waals surface area contributed by atoms with E-state index in [0.717, 1.165) is 54.4 Å².